The Morgan fingerprint density at radius 3 is 1.98 bits per heavy atom. The summed E-state index contributed by atoms with van der Waals surface area (Å²) in [5.74, 6) is -4.32. The summed E-state index contributed by atoms with van der Waals surface area (Å²) in [6.45, 7) is 10.1. The van der Waals surface area contributed by atoms with Crippen LogP contribution >= 0.6 is 11.6 Å². The number of esters is 2. The second-order valence-corrected chi connectivity index (χ2v) is 16.6. The molecule has 59 heavy (non-hydrogen) atoms. The van der Waals surface area contributed by atoms with Gasteiger partial charge in [0.05, 0.1) is 6.42 Å². The van der Waals surface area contributed by atoms with E-state index in [0.717, 1.165) is 16.3 Å². The van der Waals surface area contributed by atoms with Crippen LogP contribution in [0.4, 0.5) is 5.69 Å². The van der Waals surface area contributed by atoms with Crippen LogP contribution in [0, 0.1) is 0 Å². The molecule has 14 heteroatoms. The molecule has 310 valence electrons. The fourth-order valence-corrected chi connectivity index (χ4v) is 6.52. The van der Waals surface area contributed by atoms with Crippen LogP contribution in [0.5, 0.6) is 0 Å². The molecule has 3 atom stereocenters. The van der Waals surface area contributed by atoms with Crippen molar-refractivity contribution in [3.63, 3.8) is 0 Å². The summed E-state index contributed by atoms with van der Waals surface area (Å²) in [4.78, 5) is 85.1. The van der Waals surface area contributed by atoms with Crippen molar-refractivity contribution in [3.8, 4) is 0 Å². The smallest absolute Gasteiger partial charge is 0.308 e. The van der Waals surface area contributed by atoms with Crippen LogP contribution in [0.3, 0.4) is 0 Å². The molecule has 13 nitrogen and oxygen atoms in total. The quantitative estimate of drug-likeness (QED) is 0.0716. The molecule has 1 aromatic heterocycles. The monoisotopic (exact) mass is 823 g/mol. The first-order valence-electron chi connectivity index (χ1n) is 19.3. The lowest BCUT2D eigenvalue weighted by Gasteiger charge is -2.27. The number of aromatic amines is 1. The van der Waals surface area contributed by atoms with Gasteiger partial charge in [-0.15, -0.1) is 0 Å². The van der Waals surface area contributed by atoms with Gasteiger partial charge in [0.25, 0.3) is 5.91 Å². The number of anilines is 1. The number of fused-ring (bicyclic) bond motifs is 2. The molecule has 0 radical (unpaired) electrons. The maximum atomic E-state index is 14.4. The van der Waals surface area contributed by atoms with Crippen molar-refractivity contribution in [1.82, 2.24) is 20.9 Å². The van der Waals surface area contributed by atoms with Crippen LogP contribution in [-0.2, 0) is 39.9 Å². The van der Waals surface area contributed by atoms with Gasteiger partial charge in [-0.1, -0.05) is 72.3 Å². The number of H-pyrrole nitrogens is 1. The summed E-state index contributed by atoms with van der Waals surface area (Å²) in [6.07, 6.45) is -1.01. The van der Waals surface area contributed by atoms with E-state index in [4.69, 9.17) is 21.1 Å². The zero-order chi connectivity index (χ0) is 42.9. The fraction of sp³-hybridized carbons (Fsp3) is 0.333. The summed E-state index contributed by atoms with van der Waals surface area (Å²) in [6, 6.07) is 24.3. The van der Waals surface area contributed by atoms with Crippen LogP contribution in [0.25, 0.3) is 21.7 Å². The highest BCUT2D eigenvalue weighted by Crippen LogP contribution is 2.23. The van der Waals surface area contributed by atoms with E-state index in [1.54, 1.807) is 96.1 Å². The third-order valence-electron chi connectivity index (χ3n) is 8.91. The summed E-state index contributed by atoms with van der Waals surface area (Å²) in [7, 11) is 0. The van der Waals surface area contributed by atoms with E-state index >= 15 is 0 Å². The number of rotatable bonds is 15. The third kappa shape index (κ3) is 13.2. The Labute approximate surface area is 347 Å². The number of para-hydroxylation sites is 1. The van der Waals surface area contributed by atoms with Crippen molar-refractivity contribution in [2.24, 2.45) is 0 Å². The number of halogens is 1. The Morgan fingerprint density at radius 2 is 1.27 bits per heavy atom. The zero-order valence-electron chi connectivity index (χ0n) is 33.9. The molecule has 0 fully saturated rings. The minimum Gasteiger partial charge on any atom is -0.460 e. The van der Waals surface area contributed by atoms with Crippen LogP contribution in [0.15, 0.2) is 97.1 Å². The molecule has 5 N–H and O–H groups in total. The lowest BCUT2D eigenvalue weighted by molar-refractivity contribution is -0.156. The maximum absolute atomic E-state index is 14.4. The number of aromatic nitrogens is 1. The van der Waals surface area contributed by atoms with Crippen molar-refractivity contribution >= 4 is 74.5 Å². The maximum Gasteiger partial charge on any atom is 0.308 e. The molecule has 0 aliphatic rings. The lowest BCUT2D eigenvalue weighted by atomic mass is 9.98. The molecule has 1 heterocycles. The van der Waals surface area contributed by atoms with Crippen LogP contribution < -0.4 is 21.3 Å². The average Bonchev–Trinajstić information content (AvgIpc) is 3.58. The molecular weight excluding hydrogens is 774 g/mol. The van der Waals surface area contributed by atoms with Gasteiger partial charge < -0.3 is 35.7 Å². The molecule has 4 amide bonds. The first-order chi connectivity index (χ1) is 27.8. The first kappa shape index (κ1) is 43.9. The highest BCUT2D eigenvalue weighted by atomic mass is 35.5. The first-order valence-corrected chi connectivity index (χ1v) is 19.7. The topological polar surface area (TPSA) is 185 Å². The third-order valence-corrected chi connectivity index (χ3v) is 9.14. The Balaban J connectivity index is 1.45. The van der Waals surface area contributed by atoms with Gasteiger partial charge >= 0.3 is 11.9 Å². The van der Waals surface area contributed by atoms with Crippen LogP contribution in [-0.4, -0.2) is 69.9 Å². The normalized spacial score (nSPS) is 13.1. The SMILES string of the molecule is CC(C)(C)OC(=O)CC[C@H](NC(=O)[C@H](CC(=O)OC(C)(C)C)NC(=O)[C@H](Cc1cccc2ccccc12)NC(=O)c1cc2cc(Cl)ccc2[nH]1)C(=O)Nc1ccccc1. The number of hydrogen-bond acceptors (Lipinski definition) is 8. The van der Waals surface area contributed by atoms with Gasteiger partial charge in [-0.05, 0) is 101 Å². The predicted octanol–water partition coefficient (Wildman–Crippen LogP) is 6.78. The number of hydrogen-bond donors (Lipinski definition) is 5. The minimum atomic E-state index is -1.58. The zero-order valence-corrected chi connectivity index (χ0v) is 34.7. The second-order valence-electron chi connectivity index (χ2n) is 16.2. The van der Waals surface area contributed by atoms with Crippen molar-refractivity contribution in [2.75, 3.05) is 5.32 Å². The number of nitrogens with one attached hydrogen (secondary N) is 5. The van der Waals surface area contributed by atoms with Gasteiger partial charge in [0.2, 0.25) is 17.7 Å². The summed E-state index contributed by atoms with van der Waals surface area (Å²) < 4.78 is 11.0. The number of amides is 4. The van der Waals surface area contributed by atoms with Gasteiger partial charge in [-0.3, -0.25) is 28.8 Å². The van der Waals surface area contributed by atoms with Gasteiger partial charge in [0, 0.05) is 34.5 Å². The predicted molar refractivity (Wildman–Crippen MR) is 227 cm³/mol. The van der Waals surface area contributed by atoms with E-state index in [9.17, 15) is 28.8 Å². The molecule has 0 unspecified atom stereocenters. The Bertz CT molecular complexity index is 2320. The van der Waals surface area contributed by atoms with Gasteiger partial charge in [0.1, 0.15) is 35.0 Å². The standard InChI is InChI=1S/C45H50ClN5O8/c1-44(2,3)58-38(52)22-21-34(40(54)47-31-16-8-7-9-17-31)49-43(57)37(26-39(53)59-45(4,5)6)51-42(56)36(24-28-15-12-14-27-13-10-11-18-32(27)28)50-41(55)35-25-29-23-30(46)19-20-33(29)48-35/h7-20,23,25,34,36-37,48H,21-22,24,26H2,1-6H3,(H,47,54)(H,49,57)(H,50,55)(H,51,56)/t34-,36-,37-/m0/s1. The molecule has 0 saturated carbocycles. The Hall–Kier alpha value is -6.21. The van der Waals surface area contributed by atoms with E-state index in [1.165, 1.54) is 0 Å². The minimum absolute atomic E-state index is 0.00372. The Morgan fingerprint density at radius 1 is 0.644 bits per heavy atom. The second kappa shape index (κ2) is 19.0. The van der Waals surface area contributed by atoms with E-state index < -0.39 is 71.3 Å². The van der Waals surface area contributed by atoms with E-state index in [1.807, 2.05) is 42.5 Å². The number of ether oxygens (including phenoxy) is 2. The summed E-state index contributed by atoms with van der Waals surface area (Å²) in [5.41, 5.74) is 0.282. The van der Waals surface area contributed by atoms with Crippen molar-refractivity contribution in [3.05, 3.63) is 113 Å². The molecule has 0 bridgehead atoms. The van der Waals surface area contributed by atoms with Gasteiger partial charge in [0.15, 0.2) is 0 Å². The molecule has 0 saturated heterocycles. The van der Waals surface area contributed by atoms with E-state index in [2.05, 4.69) is 26.3 Å². The lowest BCUT2D eigenvalue weighted by Crippen LogP contribution is -2.57. The van der Waals surface area contributed by atoms with Crippen molar-refractivity contribution < 1.29 is 38.2 Å². The highest BCUT2D eigenvalue weighted by Gasteiger charge is 2.34. The van der Waals surface area contributed by atoms with Crippen LogP contribution in [0.2, 0.25) is 5.02 Å². The summed E-state index contributed by atoms with van der Waals surface area (Å²) in [5, 5.41) is 13.8. The number of carbonyl (C=O) groups excluding carboxylic acids is 6. The highest BCUT2D eigenvalue weighted by molar-refractivity contribution is 6.31. The van der Waals surface area contributed by atoms with Crippen LogP contribution in [0.1, 0.15) is 76.9 Å². The fourth-order valence-electron chi connectivity index (χ4n) is 6.34. The Kier molecular flexibility index (Phi) is 14.2. The van der Waals surface area contributed by atoms with Crippen molar-refractivity contribution in [1.29, 1.82) is 0 Å². The number of carbonyl (C=O) groups is 6. The average molecular weight is 824 g/mol. The van der Waals surface area contributed by atoms with E-state index in [-0.39, 0.29) is 25.0 Å². The van der Waals surface area contributed by atoms with Crippen molar-refractivity contribution in [2.45, 2.75) is 96.6 Å². The van der Waals surface area contributed by atoms with Gasteiger partial charge in [-0.25, -0.2) is 0 Å². The molecule has 0 spiro atoms. The van der Waals surface area contributed by atoms with Gasteiger partial charge in [-0.2, -0.15) is 0 Å². The molecule has 5 aromatic rings. The number of benzene rings is 4. The largest absolute Gasteiger partial charge is 0.460 e. The molecule has 5 rings (SSSR count). The molecule has 0 aliphatic carbocycles. The molecule has 4 aromatic carbocycles. The van der Waals surface area contributed by atoms with E-state index in [0.29, 0.717) is 21.6 Å². The molecule has 0 aliphatic heterocycles. The summed E-state index contributed by atoms with van der Waals surface area (Å²) >= 11 is 6.18. The molecular formula is C45H50ClN5O8.